The van der Waals surface area contributed by atoms with Crippen LogP contribution in [0.15, 0.2) is 36.8 Å². The lowest BCUT2D eigenvalue weighted by molar-refractivity contribution is -0.140. The van der Waals surface area contributed by atoms with E-state index in [0.29, 0.717) is 17.8 Å². The number of fused-ring (bicyclic) bond motifs is 1. The van der Waals surface area contributed by atoms with Crippen LogP contribution < -0.4 is 10.2 Å². The predicted molar refractivity (Wildman–Crippen MR) is 132 cm³/mol. The Bertz CT molecular complexity index is 1300. The summed E-state index contributed by atoms with van der Waals surface area (Å²) in [6.07, 6.45) is 1.46. The van der Waals surface area contributed by atoms with Crippen molar-refractivity contribution in [2.45, 2.75) is 50.6 Å². The smallest absolute Gasteiger partial charge is 0.380 e. The summed E-state index contributed by atoms with van der Waals surface area (Å²) in [7, 11) is 1.75. The molecule has 3 aromatic rings. The predicted octanol–water partition coefficient (Wildman–Crippen LogP) is 4.07. The molecule has 0 spiro atoms. The zero-order chi connectivity index (χ0) is 27.0. The molecule has 0 aliphatic carbocycles. The number of pyridine rings is 1. The van der Waals surface area contributed by atoms with Crippen LogP contribution >= 0.6 is 0 Å². The number of nitrogens with one attached hydrogen (secondary N) is 1. The molecule has 2 aliphatic rings. The van der Waals surface area contributed by atoms with Crippen LogP contribution in [0.3, 0.4) is 0 Å². The highest BCUT2D eigenvalue weighted by Gasteiger charge is 2.36. The van der Waals surface area contributed by atoms with Crippen molar-refractivity contribution >= 4 is 17.2 Å². The molecule has 1 amide bonds. The van der Waals surface area contributed by atoms with Crippen LogP contribution in [0.2, 0.25) is 0 Å². The van der Waals surface area contributed by atoms with E-state index in [1.165, 1.54) is 19.3 Å². The number of aromatic nitrogens is 3. The zero-order valence-corrected chi connectivity index (χ0v) is 21.2. The summed E-state index contributed by atoms with van der Waals surface area (Å²) in [5.74, 6) is -1.93. The average Bonchev–Trinajstić information content (AvgIpc) is 3.57. The molecular formula is C26H30F4N6O2. The van der Waals surface area contributed by atoms with Gasteiger partial charge in [0, 0.05) is 51.1 Å². The van der Waals surface area contributed by atoms with Crippen molar-refractivity contribution in [1.82, 2.24) is 24.8 Å². The molecule has 0 bridgehead atoms. The quantitative estimate of drug-likeness (QED) is 0.481. The van der Waals surface area contributed by atoms with E-state index >= 15 is 0 Å². The second-order valence-corrected chi connectivity index (χ2v) is 9.94. The summed E-state index contributed by atoms with van der Waals surface area (Å²) in [6.45, 7) is 4.97. The molecule has 204 valence electrons. The maximum atomic E-state index is 14.6. The van der Waals surface area contributed by atoms with E-state index in [9.17, 15) is 22.4 Å². The van der Waals surface area contributed by atoms with Gasteiger partial charge in [0.2, 0.25) is 0 Å². The molecule has 2 aliphatic heterocycles. The molecule has 2 aromatic heterocycles. The van der Waals surface area contributed by atoms with Gasteiger partial charge < -0.3 is 15.0 Å². The van der Waals surface area contributed by atoms with Gasteiger partial charge in [0.05, 0.1) is 29.0 Å². The Hall–Kier alpha value is -3.25. The van der Waals surface area contributed by atoms with E-state index in [1.807, 2.05) is 0 Å². The summed E-state index contributed by atoms with van der Waals surface area (Å²) in [5, 5.41) is 10.8. The maximum Gasteiger partial charge on any atom is 0.419 e. The number of amides is 1. The van der Waals surface area contributed by atoms with Gasteiger partial charge in [-0.15, -0.1) is 10.2 Å². The molecule has 8 nitrogen and oxygen atoms in total. The molecule has 1 N–H and O–H groups in total. The highest BCUT2D eigenvalue weighted by atomic mass is 19.4. The van der Waals surface area contributed by atoms with Crippen LogP contribution in [-0.2, 0) is 10.9 Å². The Kier molecular flexibility index (Phi) is 7.28. The molecule has 5 rings (SSSR count). The van der Waals surface area contributed by atoms with Crippen molar-refractivity contribution in [1.29, 1.82) is 0 Å². The Balaban J connectivity index is 1.32. The van der Waals surface area contributed by atoms with Crippen molar-refractivity contribution in [3.05, 3.63) is 59.3 Å². The van der Waals surface area contributed by atoms with Gasteiger partial charge in [-0.25, -0.2) is 4.39 Å². The van der Waals surface area contributed by atoms with Crippen molar-refractivity contribution in [3.8, 4) is 0 Å². The van der Waals surface area contributed by atoms with Gasteiger partial charge in [-0.05, 0) is 38.3 Å². The molecule has 0 saturated carbocycles. The number of hydrogen-bond acceptors (Lipinski definition) is 6. The molecular weight excluding hydrogens is 504 g/mol. The second kappa shape index (κ2) is 10.5. The first kappa shape index (κ1) is 26.4. The van der Waals surface area contributed by atoms with Crippen LogP contribution in [-0.4, -0.2) is 70.8 Å². The summed E-state index contributed by atoms with van der Waals surface area (Å²) < 4.78 is 61.2. The van der Waals surface area contributed by atoms with E-state index in [-0.39, 0.29) is 17.2 Å². The zero-order valence-electron chi connectivity index (χ0n) is 21.2. The van der Waals surface area contributed by atoms with Crippen LogP contribution in [0.4, 0.5) is 23.2 Å². The minimum absolute atomic E-state index is 0.238. The fourth-order valence-corrected chi connectivity index (χ4v) is 5.49. The molecule has 2 saturated heterocycles. The van der Waals surface area contributed by atoms with E-state index in [0.717, 1.165) is 57.2 Å². The topological polar surface area (TPSA) is 75.0 Å². The van der Waals surface area contributed by atoms with Crippen molar-refractivity contribution in [3.63, 3.8) is 0 Å². The highest BCUT2D eigenvalue weighted by molar-refractivity contribution is 5.96. The summed E-state index contributed by atoms with van der Waals surface area (Å²) in [5.41, 5.74) is 0.0364. The van der Waals surface area contributed by atoms with E-state index in [2.05, 4.69) is 25.3 Å². The van der Waals surface area contributed by atoms with Gasteiger partial charge in [-0.1, -0.05) is 12.1 Å². The fraction of sp³-hybridized carbons (Fsp3) is 0.500. The number of anilines is 1. The molecule has 4 heterocycles. The van der Waals surface area contributed by atoms with Crippen molar-refractivity contribution < 1.29 is 27.1 Å². The number of carbonyl (C=O) groups is 1. The third kappa shape index (κ3) is 5.19. The number of carbonyl (C=O) groups excluding carboxylic acids is 1. The number of likely N-dealkylation sites (tertiary alicyclic amines) is 1. The highest BCUT2D eigenvalue weighted by Crippen LogP contribution is 2.34. The number of hydrogen-bond donors (Lipinski definition) is 1. The molecule has 38 heavy (non-hydrogen) atoms. The van der Waals surface area contributed by atoms with Crippen molar-refractivity contribution in [2.75, 3.05) is 38.2 Å². The molecule has 1 aromatic carbocycles. The average molecular weight is 535 g/mol. The Morgan fingerprint density at radius 2 is 1.95 bits per heavy atom. The number of nitrogens with zero attached hydrogens (tertiary/aromatic N) is 5. The third-order valence-corrected chi connectivity index (χ3v) is 7.61. The van der Waals surface area contributed by atoms with Crippen LogP contribution in [0.5, 0.6) is 0 Å². The third-order valence-electron chi connectivity index (χ3n) is 7.61. The normalized spacial score (nSPS) is 20.3. The first-order chi connectivity index (χ1) is 18.2. The molecule has 2 atom stereocenters. The van der Waals surface area contributed by atoms with Gasteiger partial charge in [-0.3, -0.25) is 14.1 Å². The number of piperidine rings is 1. The standard InChI is InChI=1S/C26H30F4N6O2/c1-16(20-4-3-5-21(23(20)27)26(28,29)30)32-25(37)17-12-22(24-33-31-15-36(24)13-17)34-9-6-18(7-10-34)35-11-8-19(14-35)38-2/h3-5,12-13,15-16,18-19H,6-11,14H2,1-2H3,(H,32,37)/t16-,19-/m1/s1. The number of benzene rings is 1. The lowest BCUT2D eigenvalue weighted by atomic mass is 10.0. The molecule has 12 heteroatoms. The summed E-state index contributed by atoms with van der Waals surface area (Å²) >= 11 is 0. The number of rotatable bonds is 6. The van der Waals surface area contributed by atoms with Gasteiger partial charge in [0.15, 0.2) is 5.65 Å². The fourth-order valence-electron chi connectivity index (χ4n) is 5.49. The van der Waals surface area contributed by atoms with Crippen molar-refractivity contribution in [2.24, 2.45) is 0 Å². The largest absolute Gasteiger partial charge is 0.419 e. The first-order valence-corrected chi connectivity index (χ1v) is 12.7. The molecule has 0 unspecified atom stereocenters. The van der Waals surface area contributed by atoms with E-state index < -0.39 is 29.5 Å². The number of methoxy groups -OCH3 is 1. The van der Waals surface area contributed by atoms with Crippen LogP contribution in [0.25, 0.3) is 5.65 Å². The van der Waals surface area contributed by atoms with E-state index in [1.54, 1.807) is 23.8 Å². The number of alkyl halides is 3. The van der Waals surface area contributed by atoms with Gasteiger partial charge in [-0.2, -0.15) is 13.2 Å². The second-order valence-electron chi connectivity index (χ2n) is 9.94. The minimum atomic E-state index is -4.83. The molecule has 0 radical (unpaired) electrons. The maximum absolute atomic E-state index is 14.6. The van der Waals surface area contributed by atoms with E-state index in [4.69, 9.17) is 4.74 Å². The Morgan fingerprint density at radius 3 is 2.63 bits per heavy atom. The first-order valence-electron chi connectivity index (χ1n) is 12.7. The van der Waals surface area contributed by atoms with Gasteiger partial charge >= 0.3 is 6.18 Å². The van der Waals surface area contributed by atoms with Crippen LogP contribution in [0.1, 0.15) is 53.7 Å². The molecule has 2 fully saturated rings. The number of halogens is 4. The lowest BCUT2D eigenvalue weighted by Crippen LogP contribution is -2.44. The number of ether oxygens (including phenoxy) is 1. The van der Waals surface area contributed by atoms with Gasteiger partial charge in [0.1, 0.15) is 12.1 Å². The SMILES string of the molecule is CO[C@@H]1CCN(C2CCN(c3cc(C(=O)N[C@H](C)c4cccc(C(F)(F)F)c4F)cn4cnnc34)CC2)C1. The Morgan fingerprint density at radius 1 is 1.18 bits per heavy atom. The monoisotopic (exact) mass is 534 g/mol. The Labute approximate surface area is 217 Å². The summed E-state index contributed by atoms with van der Waals surface area (Å²) in [6, 6.07) is 4.25. The lowest BCUT2D eigenvalue weighted by Gasteiger charge is -2.38. The van der Waals surface area contributed by atoms with Crippen LogP contribution in [0, 0.1) is 5.82 Å². The van der Waals surface area contributed by atoms with Gasteiger partial charge in [0.25, 0.3) is 5.91 Å². The minimum Gasteiger partial charge on any atom is -0.380 e. The summed E-state index contributed by atoms with van der Waals surface area (Å²) in [4.78, 5) is 17.8.